The summed E-state index contributed by atoms with van der Waals surface area (Å²) in [6.45, 7) is 1.90. The van der Waals surface area contributed by atoms with Crippen LogP contribution in [0.25, 0.3) is 10.7 Å². The van der Waals surface area contributed by atoms with Gasteiger partial charge in [-0.05, 0) is 0 Å². The van der Waals surface area contributed by atoms with Crippen LogP contribution in [-0.4, -0.2) is 20.9 Å². The minimum absolute atomic E-state index is 0.197. The van der Waals surface area contributed by atoms with Crippen molar-refractivity contribution in [1.29, 1.82) is 0 Å². The van der Waals surface area contributed by atoms with E-state index in [1.807, 2.05) is 6.92 Å². The normalized spacial score (nSPS) is 10.8. The van der Waals surface area contributed by atoms with E-state index in [1.54, 1.807) is 6.20 Å². The largest absolute Gasteiger partial charge is 0.339 e. The van der Waals surface area contributed by atoms with Crippen LogP contribution in [0.4, 0.5) is 13.2 Å². The second-order valence-corrected chi connectivity index (χ2v) is 5.99. The molecule has 20 heavy (non-hydrogen) atoms. The van der Waals surface area contributed by atoms with Gasteiger partial charge in [0.1, 0.15) is 0 Å². The first kappa shape index (κ1) is 15.0. The number of nitrogens with zero attached hydrogens (tertiary/aromatic N) is 3. The standard InChI is InChI=1S/C11H10F3N3OS2/c1-2-8-16-10(17-18-8)7-5-15-11(20-7)19-4-3-6(12)9(13)14/h5H,2-4H2,1H3. The van der Waals surface area contributed by atoms with Crippen LogP contribution in [-0.2, 0) is 6.42 Å². The highest BCUT2D eigenvalue weighted by Gasteiger charge is 2.12. The van der Waals surface area contributed by atoms with Gasteiger partial charge in [0, 0.05) is 18.6 Å². The highest BCUT2D eigenvalue weighted by atomic mass is 32.2. The molecular formula is C11H10F3N3OS2. The van der Waals surface area contributed by atoms with E-state index >= 15 is 0 Å². The van der Waals surface area contributed by atoms with Crippen molar-refractivity contribution >= 4 is 23.1 Å². The van der Waals surface area contributed by atoms with Gasteiger partial charge >= 0.3 is 6.08 Å². The summed E-state index contributed by atoms with van der Waals surface area (Å²) < 4.78 is 42.0. The van der Waals surface area contributed by atoms with Gasteiger partial charge in [-0.2, -0.15) is 13.8 Å². The quantitative estimate of drug-likeness (QED) is 0.742. The van der Waals surface area contributed by atoms with Gasteiger partial charge in [-0.15, -0.1) is 11.3 Å². The van der Waals surface area contributed by atoms with E-state index in [2.05, 4.69) is 15.1 Å². The molecule has 0 N–H and O–H groups in total. The van der Waals surface area contributed by atoms with E-state index < -0.39 is 11.9 Å². The topological polar surface area (TPSA) is 51.8 Å². The third-order valence-corrected chi connectivity index (χ3v) is 4.38. The maximum Gasteiger partial charge on any atom is 0.301 e. The fourth-order valence-corrected chi connectivity index (χ4v) is 3.16. The molecule has 2 aromatic heterocycles. The van der Waals surface area contributed by atoms with Crippen LogP contribution >= 0.6 is 23.1 Å². The fourth-order valence-electron chi connectivity index (χ4n) is 1.25. The number of rotatable bonds is 6. The van der Waals surface area contributed by atoms with Crippen molar-refractivity contribution < 1.29 is 17.7 Å². The predicted octanol–water partition coefficient (Wildman–Crippen LogP) is 4.32. The van der Waals surface area contributed by atoms with Gasteiger partial charge in [0.25, 0.3) is 0 Å². The van der Waals surface area contributed by atoms with Gasteiger partial charge in [0.2, 0.25) is 11.7 Å². The lowest BCUT2D eigenvalue weighted by molar-refractivity contribution is 0.373. The molecule has 2 rings (SSSR count). The Kier molecular flexibility index (Phi) is 5.18. The number of aromatic nitrogens is 3. The first-order chi connectivity index (χ1) is 9.60. The van der Waals surface area contributed by atoms with E-state index in [4.69, 9.17) is 4.52 Å². The molecule has 108 valence electrons. The number of hydrogen-bond donors (Lipinski definition) is 0. The molecule has 0 aliphatic heterocycles. The maximum absolute atomic E-state index is 12.6. The molecule has 0 unspecified atom stereocenters. The van der Waals surface area contributed by atoms with Crippen molar-refractivity contribution in [2.45, 2.75) is 24.1 Å². The second kappa shape index (κ2) is 6.89. The second-order valence-electron chi connectivity index (χ2n) is 3.62. The summed E-state index contributed by atoms with van der Waals surface area (Å²) in [5, 5.41) is 3.81. The molecule has 0 aromatic carbocycles. The third kappa shape index (κ3) is 3.83. The average molecular weight is 321 g/mol. The molecule has 4 nitrogen and oxygen atoms in total. The Hall–Kier alpha value is -1.35. The van der Waals surface area contributed by atoms with Crippen LogP contribution < -0.4 is 0 Å². The molecule has 9 heteroatoms. The molecule has 0 saturated carbocycles. The Labute approximate surface area is 121 Å². The van der Waals surface area contributed by atoms with Crippen LogP contribution in [0.3, 0.4) is 0 Å². The molecule has 0 aliphatic rings. The van der Waals surface area contributed by atoms with E-state index in [1.165, 1.54) is 23.1 Å². The van der Waals surface area contributed by atoms with Crippen LogP contribution in [0, 0.1) is 0 Å². The molecular weight excluding hydrogens is 311 g/mol. The Bertz CT molecular complexity index is 608. The third-order valence-electron chi connectivity index (χ3n) is 2.23. The zero-order valence-electron chi connectivity index (χ0n) is 10.4. The van der Waals surface area contributed by atoms with Crippen LogP contribution in [0.5, 0.6) is 0 Å². The lowest BCUT2D eigenvalue weighted by Gasteiger charge is -1.94. The fraction of sp³-hybridized carbons (Fsp3) is 0.364. The predicted molar refractivity (Wildman–Crippen MR) is 70.5 cm³/mol. The number of halogens is 3. The Balaban J connectivity index is 1.94. The molecule has 0 spiro atoms. The molecule has 2 aromatic rings. The Morgan fingerprint density at radius 1 is 1.40 bits per heavy atom. The lowest BCUT2D eigenvalue weighted by Crippen LogP contribution is -1.81. The van der Waals surface area contributed by atoms with Gasteiger partial charge < -0.3 is 4.52 Å². The van der Waals surface area contributed by atoms with Crippen LogP contribution in [0.15, 0.2) is 27.0 Å². The van der Waals surface area contributed by atoms with Crippen LogP contribution in [0.1, 0.15) is 19.2 Å². The first-order valence-electron chi connectivity index (χ1n) is 5.71. The molecule has 0 bridgehead atoms. The highest BCUT2D eigenvalue weighted by Crippen LogP contribution is 2.31. The molecule has 0 radical (unpaired) electrons. The molecule has 0 saturated heterocycles. The summed E-state index contributed by atoms with van der Waals surface area (Å²) in [5.41, 5.74) is 0. The number of aryl methyl sites for hydroxylation is 1. The number of thioether (sulfide) groups is 1. The number of allylic oxidation sites excluding steroid dienone is 1. The van der Waals surface area contributed by atoms with E-state index in [0.29, 0.717) is 22.5 Å². The van der Waals surface area contributed by atoms with E-state index in [9.17, 15) is 13.2 Å². The minimum atomic E-state index is -2.26. The molecule has 0 atom stereocenters. The van der Waals surface area contributed by atoms with Gasteiger partial charge in [-0.25, -0.2) is 9.37 Å². The van der Waals surface area contributed by atoms with Gasteiger partial charge in [-0.3, -0.25) is 0 Å². The molecule has 2 heterocycles. The minimum Gasteiger partial charge on any atom is -0.339 e. The summed E-state index contributed by atoms with van der Waals surface area (Å²) in [7, 11) is 0. The SMILES string of the molecule is CCc1nc(-c2cnc(SCCC(F)=C(F)F)s2)no1. The van der Waals surface area contributed by atoms with Gasteiger partial charge in [0.15, 0.2) is 10.2 Å². The van der Waals surface area contributed by atoms with E-state index in [0.717, 1.165) is 4.88 Å². The van der Waals surface area contributed by atoms with Crippen LogP contribution in [0.2, 0.25) is 0 Å². The summed E-state index contributed by atoms with van der Waals surface area (Å²) in [6.07, 6.45) is -0.346. The van der Waals surface area contributed by atoms with Crippen molar-refractivity contribution in [3.63, 3.8) is 0 Å². The van der Waals surface area contributed by atoms with Gasteiger partial charge in [-0.1, -0.05) is 23.8 Å². The average Bonchev–Trinajstić information content (AvgIpc) is 3.06. The van der Waals surface area contributed by atoms with Crippen molar-refractivity contribution in [2.75, 3.05) is 5.75 Å². The van der Waals surface area contributed by atoms with Crippen molar-refractivity contribution in [2.24, 2.45) is 0 Å². The summed E-state index contributed by atoms with van der Waals surface area (Å²) >= 11 is 2.52. The smallest absolute Gasteiger partial charge is 0.301 e. The number of hydrogen-bond acceptors (Lipinski definition) is 6. The Morgan fingerprint density at radius 2 is 2.20 bits per heavy atom. The molecule has 0 aliphatic carbocycles. The number of thiazole rings is 1. The Morgan fingerprint density at radius 3 is 2.85 bits per heavy atom. The monoisotopic (exact) mass is 321 g/mol. The lowest BCUT2D eigenvalue weighted by atomic mass is 10.4. The highest BCUT2D eigenvalue weighted by molar-refractivity contribution is 8.01. The van der Waals surface area contributed by atoms with Crippen molar-refractivity contribution in [3.8, 4) is 10.7 Å². The maximum atomic E-state index is 12.6. The van der Waals surface area contributed by atoms with Crippen molar-refractivity contribution in [1.82, 2.24) is 15.1 Å². The molecule has 0 fully saturated rings. The summed E-state index contributed by atoms with van der Waals surface area (Å²) in [6, 6.07) is 0. The zero-order valence-corrected chi connectivity index (χ0v) is 12.0. The van der Waals surface area contributed by atoms with Crippen molar-refractivity contribution in [3.05, 3.63) is 24.0 Å². The summed E-state index contributed by atoms with van der Waals surface area (Å²) in [5.74, 6) is -0.192. The first-order valence-corrected chi connectivity index (χ1v) is 7.51. The summed E-state index contributed by atoms with van der Waals surface area (Å²) in [4.78, 5) is 8.99. The zero-order chi connectivity index (χ0) is 14.5. The van der Waals surface area contributed by atoms with Gasteiger partial charge in [0.05, 0.1) is 11.1 Å². The molecule has 0 amide bonds. The van der Waals surface area contributed by atoms with E-state index in [-0.39, 0.29) is 12.2 Å².